The second kappa shape index (κ2) is 4.27. The lowest BCUT2D eigenvalue weighted by molar-refractivity contribution is 0.143. The molecule has 0 bridgehead atoms. The zero-order chi connectivity index (χ0) is 8.97. The SMILES string of the molecule is COCC(N)CN1CCOC1=O. The molecule has 1 saturated heterocycles. The maximum absolute atomic E-state index is 10.9. The third kappa shape index (κ3) is 2.35. The Balaban J connectivity index is 2.25. The van der Waals surface area contributed by atoms with E-state index in [1.54, 1.807) is 12.0 Å². The molecule has 1 fully saturated rings. The lowest BCUT2D eigenvalue weighted by Crippen LogP contribution is -2.40. The molecule has 1 unspecified atom stereocenters. The van der Waals surface area contributed by atoms with Crippen LogP contribution in [0, 0.1) is 0 Å². The zero-order valence-corrected chi connectivity index (χ0v) is 7.16. The molecule has 0 aromatic carbocycles. The first-order valence-corrected chi connectivity index (χ1v) is 3.90. The van der Waals surface area contributed by atoms with Crippen molar-refractivity contribution >= 4 is 6.09 Å². The van der Waals surface area contributed by atoms with Crippen LogP contribution in [0.15, 0.2) is 0 Å². The van der Waals surface area contributed by atoms with Gasteiger partial charge in [0.2, 0.25) is 0 Å². The minimum atomic E-state index is -0.276. The number of carbonyl (C=O) groups excluding carboxylic acids is 1. The van der Waals surface area contributed by atoms with Crippen molar-refractivity contribution in [1.29, 1.82) is 0 Å². The first-order chi connectivity index (χ1) is 5.74. The fourth-order valence-corrected chi connectivity index (χ4v) is 1.14. The van der Waals surface area contributed by atoms with Crippen molar-refractivity contribution in [2.75, 3.05) is 33.4 Å². The largest absolute Gasteiger partial charge is 0.448 e. The Morgan fingerprint density at radius 2 is 2.58 bits per heavy atom. The number of hydrogen-bond acceptors (Lipinski definition) is 4. The van der Waals surface area contributed by atoms with Gasteiger partial charge in [-0.25, -0.2) is 4.79 Å². The van der Waals surface area contributed by atoms with E-state index in [2.05, 4.69) is 0 Å². The molecule has 5 nitrogen and oxygen atoms in total. The van der Waals surface area contributed by atoms with E-state index in [-0.39, 0.29) is 12.1 Å². The van der Waals surface area contributed by atoms with Crippen LogP contribution >= 0.6 is 0 Å². The van der Waals surface area contributed by atoms with E-state index in [1.807, 2.05) is 0 Å². The van der Waals surface area contributed by atoms with E-state index in [0.717, 1.165) is 0 Å². The normalized spacial score (nSPS) is 19.5. The zero-order valence-electron chi connectivity index (χ0n) is 7.16. The smallest absolute Gasteiger partial charge is 0.409 e. The quantitative estimate of drug-likeness (QED) is 0.619. The Morgan fingerprint density at radius 3 is 3.08 bits per heavy atom. The van der Waals surface area contributed by atoms with E-state index in [0.29, 0.717) is 26.3 Å². The molecule has 1 amide bonds. The summed E-state index contributed by atoms with van der Waals surface area (Å²) in [5.41, 5.74) is 5.65. The van der Waals surface area contributed by atoms with Crippen LogP contribution in [0.2, 0.25) is 0 Å². The van der Waals surface area contributed by atoms with Gasteiger partial charge in [0, 0.05) is 19.7 Å². The van der Waals surface area contributed by atoms with Crippen LogP contribution in [-0.4, -0.2) is 50.4 Å². The Bertz CT molecular complexity index is 163. The van der Waals surface area contributed by atoms with Crippen LogP contribution in [-0.2, 0) is 9.47 Å². The van der Waals surface area contributed by atoms with E-state index < -0.39 is 0 Å². The molecule has 5 heteroatoms. The van der Waals surface area contributed by atoms with Gasteiger partial charge in [0.25, 0.3) is 0 Å². The van der Waals surface area contributed by atoms with Crippen molar-refractivity contribution in [3.8, 4) is 0 Å². The molecule has 0 saturated carbocycles. The van der Waals surface area contributed by atoms with Crippen LogP contribution in [0.1, 0.15) is 0 Å². The molecular weight excluding hydrogens is 160 g/mol. The predicted molar refractivity (Wildman–Crippen MR) is 42.8 cm³/mol. The third-order valence-electron chi connectivity index (χ3n) is 1.68. The highest BCUT2D eigenvalue weighted by atomic mass is 16.6. The maximum Gasteiger partial charge on any atom is 0.409 e. The van der Waals surface area contributed by atoms with Gasteiger partial charge in [0.05, 0.1) is 13.2 Å². The molecule has 0 radical (unpaired) electrons. The Hall–Kier alpha value is -0.810. The molecule has 1 aliphatic heterocycles. The summed E-state index contributed by atoms with van der Waals surface area (Å²) in [6, 6.07) is -0.124. The number of ether oxygens (including phenoxy) is 2. The Kier molecular flexibility index (Phi) is 3.31. The third-order valence-corrected chi connectivity index (χ3v) is 1.68. The highest BCUT2D eigenvalue weighted by Gasteiger charge is 2.23. The minimum absolute atomic E-state index is 0.124. The molecule has 1 heterocycles. The van der Waals surface area contributed by atoms with Gasteiger partial charge < -0.3 is 20.1 Å². The van der Waals surface area contributed by atoms with Crippen LogP contribution in [0.25, 0.3) is 0 Å². The van der Waals surface area contributed by atoms with E-state index >= 15 is 0 Å². The fraction of sp³-hybridized carbons (Fsp3) is 0.857. The molecule has 0 aliphatic carbocycles. The highest BCUT2D eigenvalue weighted by molar-refractivity contribution is 5.69. The molecule has 0 spiro atoms. The Morgan fingerprint density at radius 1 is 1.83 bits per heavy atom. The summed E-state index contributed by atoms with van der Waals surface area (Å²) < 4.78 is 9.58. The summed E-state index contributed by atoms with van der Waals surface area (Å²) in [4.78, 5) is 12.5. The van der Waals surface area contributed by atoms with Crippen molar-refractivity contribution in [3.05, 3.63) is 0 Å². The van der Waals surface area contributed by atoms with Gasteiger partial charge >= 0.3 is 6.09 Å². The molecule has 0 aromatic rings. The minimum Gasteiger partial charge on any atom is -0.448 e. The molecule has 12 heavy (non-hydrogen) atoms. The van der Waals surface area contributed by atoms with Crippen LogP contribution in [0.4, 0.5) is 4.79 Å². The van der Waals surface area contributed by atoms with Gasteiger partial charge in [0.15, 0.2) is 0 Å². The number of cyclic esters (lactones) is 1. The second-order valence-electron chi connectivity index (χ2n) is 2.78. The van der Waals surface area contributed by atoms with Gasteiger partial charge in [-0.3, -0.25) is 0 Å². The predicted octanol–water partition coefficient (Wildman–Crippen LogP) is -0.588. The number of nitrogens with zero attached hydrogens (tertiary/aromatic N) is 1. The van der Waals surface area contributed by atoms with Gasteiger partial charge in [-0.2, -0.15) is 0 Å². The number of methoxy groups -OCH3 is 1. The van der Waals surface area contributed by atoms with E-state index in [9.17, 15) is 4.79 Å². The number of hydrogen-bond donors (Lipinski definition) is 1. The monoisotopic (exact) mass is 174 g/mol. The average molecular weight is 174 g/mol. The van der Waals surface area contributed by atoms with Crippen LogP contribution in [0.5, 0.6) is 0 Å². The number of amides is 1. The average Bonchev–Trinajstić information content (AvgIpc) is 2.37. The van der Waals surface area contributed by atoms with Crippen LogP contribution in [0.3, 0.4) is 0 Å². The number of nitrogens with two attached hydrogens (primary N) is 1. The topological polar surface area (TPSA) is 64.8 Å². The standard InChI is InChI=1S/C7H14N2O3/c1-11-5-6(8)4-9-2-3-12-7(9)10/h6H,2-5,8H2,1H3. The van der Waals surface area contributed by atoms with Crippen LogP contribution < -0.4 is 5.73 Å². The summed E-state index contributed by atoms with van der Waals surface area (Å²) in [6.07, 6.45) is -0.276. The van der Waals surface area contributed by atoms with Crippen molar-refractivity contribution in [3.63, 3.8) is 0 Å². The van der Waals surface area contributed by atoms with Crippen molar-refractivity contribution in [2.45, 2.75) is 6.04 Å². The first kappa shape index (κ1) is 9.28. The number of carbonyl (C=O) groups is 1. The molecule has 0 aromatic heterocycles. The summed E-state index contributed by atoms with van der Waals surface area (Å²) >= 11 is 0. The van der Waals surface area contributed by atoms with E-state index in [1.165, 1.54) is 0 Å². The van der Waals surface area contributed by atoms with Crippen molar-refractivity contribution in [2.24, 2.45) is 5.73 Å². The lowest BCUT2D eigenvalue weighted by atomic mass is 10.3. The Labute approximate surface area is 71.4 Å². The van der Waals surface area contributed by atoms with Gasteiger partial charge in [-0.05, 0) is 0 Å². The molecule has 2 N–H and O–H groups in total. The highest BCUT2D eigenvalue weighted by Crippen LogP contribution is 2.03. The van der Waals surface area contributed by atoms with Gasteiger partial charge in [-0.1, -0.05) is 0 Å². The fourth-order valence-electron chi connectivity index (χ4n) is 1.14. The molecule has 70 valence electrons. The molecular formula is C7H14N2O3. The maximum atomic E-state index is 10.9. The molecule has 1 aliphatic rings. The molecule has 1 rings (SSSR count). The van der Waals surface area contributed by atoms with E-state index in [4.69, 9.17) is 15.2 Å². The summed E-state index contributed by atoms with van der Waals surface area (Å²) in [6.45, 7) is 2.07. The van der Waals surface area contributed by atoms with Gasteiger partial charge in [0.1, 0.15) is 6.61 Å². The summed E-state index contributed by atoms with van der Waals surface area (Å²) in [5, 5.41) is 0. The summed E-state index contributed by atoms with van der Waals surface area (Å²) in [5.74, 6) is 0. The van der Waals surface area contributed by atoms with Crippen molar-refractivity contribution < 1.29 is 14.3 Å². The summed E-state index contributed by atoms with van der Waals surface area (Å²) in [7, 11) is 1.59. The second-order valence-corrected chi connectivity index (χ2v) is 2.78. The molecule has 1 atom stereocenters. The first-order valence-electron chi connectivity index (χ1n) is 3.90. The lowest BCUT2D eigenvalue weighted by Gasteiger charge is -2.17. The number of rotatable bonds is 4. The van der Waals surface area contributed by atoms with Gasteiger partial charge in [-0.15, -0.1) is 0 Å². The van der Waals surface area contributed by atoms with Crippen molar-refractivity contribution in [1.82, 2.24) is 4.90 Å².